The molecule has 0 radical (unpaired) electrons. The summed E-state index contributed by atoms with van der Waals surface area (Å²) in [6, 6.07) is 3.86. The van der Waals surface area contributed by atoms with Crippen LogP contribution < -0.4 is 19.9 Å². The summed E-state index contributed by atoms with van der Waals surface area (Å²) in [7, 11) is 0. The lowest BCUT2D eigenvalue weighted by Gasteiger charge is -2.16. The lowest BCUT2D eigenvalue weighted by Crippen LogP contribution is -2.07. The summed E-state index contributed by atoms with van der Waals surface area (Å²) in [6.45, 7) is 8.27. The number of rotatable bonds is 8. The first kappa shape index (κ1) is 14.6. The maximum Gasteiger partial charge on any atom is 0.164 e. The summed E-state index contributed by atoms with van der Waals surface area (Å²) < 4.78 is 16.8. The van der Waals surface area contributed by atoms with Gasteiger partial charge in [-0.1, -0.05) is 0 Å². The van der Waals surface area contributed by atoms with Crippen LogP contribution in [0.1, 0.15) is 26.3 Å². The van der Waals surface area contributed by atoms with Gasteiger partial charge in [0.1, 0.15) is 5.75 Å². The van der Waals surface area contributed by atoms with Gasteiger partial charge >= 0.3 is 0 Å². The average molecular weight is 253 g/mol. The van der Waals surface area contributed by atoms with Gasteiger partial charge in [-0.3, -0.25) is 0 Å². The summed E-state index contributed by atoms with van der Waals surface area (Å²) in [4.78, 5) is 0. The highest BCUT2D eigenvalue weighted by Gasteiger charge is 2.12. The fraction of sp³-hybridized carbons (Fsp3) is 0.571. The third-order valence-electron chi connectivity index (χ3n) is 2.44. The number of benzene rings is 1. The van der Waals surface area contributed by atoms with E-state index < -0.39 is 0 Å². The highest BCUT2D eigenvalue weighted by Crippen LogP contribution is 2.35. The van der Waals surface area contributed by atoms with Gasteiger partial charge in [-0.05, 0) is 45.4 Å². The molecular formula is C14H23NO3. The average Bonchev–Trinajstić information content (AvgIpc) is 2.35. The molecule has 0 saturated carbocycles. The summed E-state index contributed by atoms with van der Waals surface area (Å²) >= 11 is 0. The molecule has 0 bridgehead atoms. The van der Waals surface area contributed by atoms with E-state index in [-0.39, 0.29) is 0 Å². The van der Waals surface area contributed by atoms with Crippen LogP contribution in [0, 0.1) is 0 Å². The Bertz CT molecular complexity index is 300. The van der Waals surface area contributed by atoms with Crippen LogP contribution in [0.4, 0.5) is 0 Å². The normalized spacial score (nSPS) is 10.2. The Morgan fingerprint density at radius 1 is 0.833 bits per heavy atom. The van der Waals surface area contributed by atoms with Crippen molar-refractivity contribution in [1.82, 2.24) is 0 Å². The molecule has 2 N–H and O–H groups in total. The molecule has 0 unspecified atom stereocenters. The molecule has 4 nitrogen and oxygen atoms in total. The molecule has 4 heteroatoms. The lowest BCUT2D eigenvalue weighted by molar-refractivity contribution is 0.282. The lowest BCUT2D eigenvalue weighted by atomic mass is 10.1. The van der Waals surface area contributed by atoms with Crippen molar-refractivity contribution in [3.05, 3.63) is 17.7 Å². The van der Waals surface area contributed by atoms with Gasteiger partial charge in [0.05, 0.1) is 19.8 Å². The summed E-state index contributed by atoms with van der Waals surface area (Å²) in [5, 5.41) is 0. The third kappa shape index (κ3) is 3.81. The molecule has 0 aliphatic rings. The van der Waals surface area contributed by atoms with Crippen LogP contribution in [0.5, 0.6) is 17.2 Å². The highest BCUT2D eigenvalue weighted by atomic mass is 16.5. The molecule has 1 aromatic rings. The maximum absolute atomic E-state index is 5.62. The Hall–Kier alpha value is -1.42. The van der Waals surface area contributed by atoms with E-state index in [0.717, 1.165) is 29.2 Å². The largest absolute Gasteiger partial charge is 0.493 e. The highest BCUT2D eigenvalue weighted by molar-refractivity contribution is 5.51. The molecule has 0 aromatic heterocycles. The van der Waals surface area contributed by atoms with Crippen molar-refractivity contribution in [3.8, 4) is 17.2 Å². The second kappa shape index (κ2) is 7.82. The van der Waals surface area contributed by atoms with E-state index in [1.165, 1.54) is 0 Å². The summed E-state index contributed by atoms with van der Waals surface area (Å²) in [5.74, 6) is 2.31. The van der Waals surface area contributed by atoms with Gasteiger partial charge in [-0.15, -0.1) is 0 Å². The fourth-order valence-corrected chi connectivity index (χ4v) is 1.76. The van der Waals surface area contributed by atoms with E-state index >= 15 is 0 Å². The van der Waals surface area contributed by atoms with Crippen molar-refractivity contribution in [3.63, 3.8) is 0 Å². The van der Waals surface area contributed by atoms with E-state index in [4.69, 9.17) is 19.9 Å². The second-order valence-corrected chi connectivity index (χ2v) is 3.74. The SMILES string of the molecule is CCOc1cc(OCC)c(OCC)cc1CCN. The fourth-order valence-electron chi connectivity index (χ4n) is 1.76. The molecule has 0 aliphatic heterocycles. The summed E-state index contributed by atoms with van der Waals surface area (Å²) in [6.07, 6.45) is 0.766. The van der Waals surface area contributed by atoms with Crippen molar-refractivity contribution < 1.29 is 14.2 Å². The Kier molecular flexibility index (Phi) is 6.36. The molecule has 0 fully saturated rings. The van der Waals surface area contributed by atoms with Gasteiger partial charge in [0.15, 0.2) is 11.5 Å². The maximum atomic E-state index is 5.62. The van der Waals surface area contributed by atoms with Gasteiger partial charge in [0.2, 0.25) is 0 Å². The van der Waals surface area contributed by atoms with E-state index in [9.17, 15) is 0 Å². The second-order valence-electron chi connectivity index (χ2n) is 3.74. The number of nitrogens with two attached hydrogens (primary N) is 1. The van der Waals surface area contributed by atoms with Crippen LogP contribution in [0.25, 0.3) is 0 Å². The van der Waals surface area contributed by atoms with E-state index in [1.807, 2.05) is 32.9 Å². The van der Waals surface area contributed by atoms with Crippen LogP contribution in [0.3, 0.4) is 0 Å². The first-order valence-electron chi connectivity index (χ1n) is 6.52. The zero-order chi connectivity index (χ0) is 13.4. The van der Waals surface area contributed by atoms with Crippen molar-refractivity contribution in [1.29, 1.82) is 0 Å². The minimum Gasteiger partial charge on any atom is -0.493 e. The van der Waals surface area contributed by atoms with Crippen LogP contribution in [0.2, 0.25) is 0 Å². The molecule has 0 atom stereocenters. The zero-order valence-electron chi connectivity index (χ0n) is 11.5. The standard InChI is InChI=1S/C14H23NO3/c1-4-16-12-10-14(18-6-3)13(17-5-2)9-11(12)7-8-15/h9-10H,4-8,15H2,1-3H3. The van der Waals surface area contributed by atoms with Crippen molar-refractivity contribution in [2.24, 2.45) is 5.73 Å². The van der Waals surface area contributed by atoms with Crippen LogP contribution in [-0.2, 0) is 6.42 Å². The van der Waals surface area contributed by atoms with Crippen molar-refractivity contribution >= 4 is 0 Å². The zero-order valence-corrected chi connectivity index (χ0v) is 11.5. The van der Waals surface area contributed by atoms with Gasteiger partial charge in [-0.25, -0.2) is 0 Å². The van der Waals surface area contributed by atoms with Crippen molar-refractivity contribution in [2.75, 3.05) is 26.4 Å². The smallest absolute Gasteiger partial charge is 0.164 e. The minimum atomic E-state index is 0.583. The molecule has 0 heterocycles. The van der Waals surface area contributed by atoms with Gasteiger partial charge < -0.3 is 19.9 Å². The van der Waals surface area contributed by atoms with E-state index in [0.29, 0.717) is 26.4 Å². The number of hydrogen-bond donors (Lipinski definition) is 1. The molecule has 1 rings (SSSR count). The molecule has 0 amide bonds. The Morgan fingerprint density at radius 2 is 1.33 bits per heavy atom. The van der Waals surface area contributed by atoms with E-state index in [2.05, 4.69) is 0 Å². The monoisotopic (exact) mass is 253 g/mol. The van der Waals surface area contributed by atoms with Crippen LogP contribution >= 0.6 is 0 Å². The van der Waals surface area contributed by atoms with Crippen molar-refractivity contribution in [2.45, 2.75) is 27.2 Å². The quantitative estimate of drug-likeness (QED) is 0.773. The first-order valence-corrected chi connectivity index (χ1v) is 6.52. The van der Waals surface area contributed by atoms with Gasteiger partial charge in [0, 0.05) is 6.07 Å². The number of ether oxygens (including phenoxy) is 3. The minimum absolute atomic E-state index is 0.583. The molecule has 18 heavy (non-hydrogen) atoms. The first-order chi connectivity index (χ1) is 8.76. The Labute approximate surface area is 109 Å². The van der Waals surface area contributed by atoms with E-state index in [1.54, 1.807) is 0 Å². The molecule has 0 saturated heterocycles. The molecule has 0 aliphatic carbocycles. The predicted octanol–water partition coefficient (Wildman–Crippen LogP) is 2.38. The van der Waals surface area contributed by atoms with Crippen LogP contribution in [-0.4, -0.2) is 26.4 Å². The number of hydrogen-bond acceptors (Lipinski definition) is 4. The predicted molar refractivity (Wildman–Crippen MR) is 72.7 cm³/mol. The molecule has 1 aromatic carbocycles. The molecular weight excluding hydrogens is 230 g/mol. The third-order valence-corrected chi connectivity index (χ3v) is 2.44. The summed E-state index contributed by atoms with van der Waals surface area (Å²) in [5.41, 5.74) is 6.68. The Morgan fingerprint density at radius 3 is 1.83 bits per heavy atom. The molecule has 0 spiro atoms. The van der Waals surface area contributed by atoms with Gasteiger partial charge in [-0.2, -0.15) is 0 Å². The van der Waals surface area contributed by atoms with Crippen LogP contribution in [0.15, 0.2) is 12.1 Å². The Balaban J connectivity index is 3.11. The topological polar surface area (TPSA) is 53.7 Å². The van der Waals surface area contributed by atoms with Gasteiger partial charge in [0.25, 0.3) is 0 Å². The molecule has 102 valence electrons.